The maximum atomic E-state index is 11.1. The summed E-state index contributed by atoms with van der Waals surface area (Å²) in [6.07, 6.45) is 1.69. The number of hydrogen-bond acceptors (Lipinski definition) is 3. The number of carboxylic acids is 1. The number of pyridine rings is 1. The Hall–Kier alpha value is -2.36. The molecule has 1 heterocycles. The smallest absolute Gasteiger partial charge is 0.337 e. The Bertz CT molecular complexity index is 576. The molecule has 0 aliphatic heterocycles. The van der Waals surface area contributed by atoms with Gasteiger partial charge < -0.3 is 9.84 Å². The van der Waals surface area contributed by atoms with Crippen molar-refractivity contribution < 1.29 is 14.6 Å². The molecular weight excluding hydrogens is 242 g/mol. The lowest BCUT2D eigenvalue weighted by atomic mass is 10.1. The number of carboxylic acid groups (broad SMARTS) is 1. The number of benzene rings is 1. The van der Waals surface area contributed by atoms with Crippen LogP contribution in [0.3, 0.4) is 0 Å². The van der Waals surface area contributed by atoms with Crippen LogP contribution in [0.25, 0.3) is 11.3 Å². The Balaban J connectivity index is 2.35. The molecule has 2 aromatic rings. The van der Waals surface area contributed by atoms with Crippen molar-refractivity contribution in [3.05, 3.63) is 48.2 Å². The average Bonchev–Trinajstić information content (AvgIpc) is 2.39. The summed E-state index contributed by atoms with van der Waals surface area (Å²) in [7, 11) is 0. The van der Waals surface area contributed by atoms with Gasteiger partial charge in [0.05, 0.1) is 17.4 Å². The molecule has 0 atom stereocenters. The van der Waals surface area contributed by atoms with Crippen LogP contribution in [0, 0.1) is 0 Å². The zero-order valence-electron chi connectivity index (χ0n) is 10.8. The van der Waals surface area contributed by atoms with Crippen molar-refractivity contribution in [1.82, 2.24) is 4.98 Å². The van der Waals surface area contributed by atoms with Crippen molar-refractivity contribution in [2.75, 3.05) is 0 Å². The van der Waals surface area contributed by atoms with Gasteiger partial charge >= 0.3 is 5.97 Å². The van der Waals surface area contributed by atoms with Crippen LogP contribution < -0.4 is 4.74 Å². The van der Waals surface area contributed by atoms with Crippen molar-refractivity contribution in [3.8, 4) is 17.0 Å². The summed E-state index contributed by atoms with van der Waals surface area (Å²) in [5, 5.41) is 9.14. The summed E-state index contributed by atoms with van der Waals surface area (Å²) in [6.45, 7) is 3.91. The van der Waals surface area contributed by atoms with Gasteiger partial charge in [-0.05, 0) is 50.2 Å². The minimum absolute atomic E-state index is 0.107. The van der Waals surface area contributed by atoms with Crippen molar-refractivity contribution in [2.24, 2.45) is 0 Å². The maximum Gasteiger partial charge on any atom is 0.337 e. The van der Waals surface area contributed by atoms with Gasteiger partial charge in [0.2, 0.25) is 0 Å². The standard InChI is InChI=1S/C15H15NO3/c1-10(2)19-12-7-5-11(6-8-12)14-13(15(17)18)4-3-9-16-14/h3-10H,1-2H3,(H,17,18). The first-order valence-electron chi connectivity index (χ1n) is 6.03. The van der Waals surface area contributed by atoms with Crippen LogP contribution in [-0.4, -0.2) is 22.2 Å². The molecule has 1 aromatic heterocycles. The summed E-state index contributed by atoms with van der Waals surface area (Å²) in [5.74, 6) is -0.225. The van der Waals surface area contributed by atoms with Crippen molar-refractivity contribution in [3.63, 3.8) is 0 Å². The van der Waals surface area contributed by atoms with E-state index in [9.17, 15) is 4.79 Å². The van der Waals surface area contributed by atoms with E-state index in [1.54, 1.807) is 18.3 Å². The molecule has 0 aliphatic rings. The fourth-order valence-corrected chi connectivity index (χ4v) is 1.77. The molecule has 4 nitrogen and oxygen atoms in total. The van der Waals surface area contributed by atoms with E-state index in [4.69, 9.17) is 9.84 Å². The molecule has 0 radical (unpaired) electrons. The third kappa shape index (κ3) is 3.10. The van der Waals surface area contributed by atoms with Crippen LogP contribution in [0.5, 0.6) is 5.75 Å². The van der Waals surface area contributed by atoms with E-state index in [2.05, 4.69) is 4.98 Å². The van der Waals surface area contributed by atoms with Gasteiger partial charge in [-0.3, -0.25) is 4.98 Å². The monoisotopic (exact) mass is 257 g/mol. The average molecular weight is 257 g/mol. The summed E-state index contributed by atoms with van der Waals surface area (Å²) < 4.78 is 5.55. The predicted molar refractivity (Wildman–Crippen MR) is 72.4 cm³/mol. The SMILES string of the molecule is CC(C)Oc1ccc(-c2ncccc2C(=O)O)cc1. The quantitative estimate of drug-likeness (QED) is 0.913. The highest BCUT2D eigenvalue weighted by molar-refractivity contribution is 5.94. The molecule has 0 bridgehead atoms. The highest BCUT2D eigenvalue weighted by Gasteiger charge is 2.12. The second kappa shape index (κ2) is 5.52. The molecule has 0 spiro atoms. The summed E-state index contributed by atoms with van der Waals surface area (Å²) in [6, 6.07) is 10.4. The molecule has 0 amide bonds. The molecule has 4 heteroatoms. The third-order valence-corrected chi connectivity index (χ3v) is 2.54. The molecule has 0 saturated heterocycles. The zero-order valence-corrected chi connectivity index (χ0v) is 10.8. The molecule has 2 rings (SSSR count). The van der Waals surface area contributed by atoms with E-state index in [1.165, 1.54) is 0 Å². The Kier molecular flexibility index (Phi) is 3.80. The summed E-state index contributed by atoms with van der Waals surface area (Å²) >= 11 is 0. The first-order valence-corrected chi connectivity index (χ1v) is 6.03. The van der Waals surface area contributed by atoms with Crippen LogP contribution in [0.1, 0.15) is 24.2 Å². The third-order valence-electron chi connectivity index (χ3n) is 2.54. The molecule has 0 unspecified atom stereocenters. The van der Waals surface area contributed by atoms with Crippen LogP contribution >= 0.6 is 0 Å². The molecule has 0 fully saturated rings. The topological polar surface area (TPSA) is 59.4 Å². The van der Waals surface area contributed by atoms with Gasteiger partial charge in [0.25, 0.3) is 0 Å². The highest BCUT2D eigenvalue weighted by atomic mass is 16.5. The molecular formula is C15H15NO3. The largest absolute Gasteiger partial charge is 0.491 e. The molecule has 19 heavy (non-hydrogen) atoms. The van der Waals surface area contributed by atoms with Crippen LogP contribution in [-0.2, 0) is 0 Å². The Morgan fingerprint density at radius 2 is 1.89 bits per heavy atom. The lowest BCUT2D eigenvalue weighted by Gasteiger charge is -2.10. The van der Waals surface area contributed by atoms with Crippen LogP contribution in [0.15, 0.2) is 42.6 Å². The molecule has 0 aliphatic carbocycles. The van der Waals surface area contributed by atoms with Crippen molar-refractivity contribution in [2.45, 2.75) is 20.0 Å². The van der Waals surface area contributed by atoms with E-state index >= 15 is 0 Å². The van der Waals surface area contributed by atoms with Gasteiger partial charge in [0.15, 0.2) is 0 Å². The van der Waals surface area contributed by atoms with Gasteiger partial charge in [-0.25, -0.2) is 4.79 Å². The van der Waals surface area contributed by atoms with E-state index in [0.717, 1.165) is 11.3 Å². The first kappa shape index (κ1) is 13.1. The van der Waals surface area contributed by atoms with E-state index in [0.29, 0.717) is 5.69 Å². The number of rotatable bonds is 4. The number of aromatic carboxylic acids is 1. The van der Waals surface area contributed by atoms with E-state index in [-0.39, 0.29) is 11.7 Å². The van der Waals surface area contributed by atoms with Gasteiger partial charge in [-0.15, -0.1) is 0 Å². The molecule has 1 N–H and O–H groups in total. The molecule has 0 saturated carbocycles. The zero-order chi connectivity index (χ0) is 13.8. The lowest BCUT2D eigenvalue weighted by Crippen LogP contribution is -2.05. The number of nitrogens with zero attached hydrogens (tertiary/aromatic N) is 1. The van der Waals surface area contributed by atoms with Crippen molar-refractivity contribution >= 4 is 5.97 Å². The number of carbonyl (C=O) groups is 1. The number of hydrogen-bond donors (Lipinski definition) is 1. The van der Waals surface area contributed by atoms with Gasteiger partial charge in [-0.2, -0.15) is 0 Å². The summed E-state index contributed by atoms with van der Waals surface area (Å²) in [4.78, 5) is 15.3. The maximum absolute atomic E-state index is 11.1. The van der Waals surface area contributed by atoms with Crippen LogP contribution in [0.4, 0.5) is 0 Å². The minimum Gasteiger partial charge on any atom is -0.491 e. The lowest BCUT2D eigenvalue weighted by molar-refractivity contribution is 0.0697. The Labute approximate surface area is 111 Å². The second-order valence-corrected chi connectivity index (χ2v) is 4.40. The summed E-state index contributed by atoms with van der Waals surface area (Å²) in [5.41, 5.74) is 1.42. The Morgan fingerprint density at radius 3 is 2.47 bits per heavy atom. The van der Waals surface area contributed by atoms with Crippen LogP contribution in [0.2, 0.25) is 0 Å². The fourth-order valence-electron chi connectivity index (χ4n) is 1.77. The van der Waals surface area contributed by atoms with Gasteiger partial charge in [0, 0.05) is 11.8 Å². The Morgan fingerprint density at radius 1 is 1.21 bits per heavy atom. The van der Waals surface area contributed by atoms with Gasteiger partial charge in [-0.1, -0.05) is 0 Å². The van der Waals surface area contributed by atoms with Crippen molar-refractivity contribution in [1.29, 1.82) is 0 Å². The molecule has 1 aromatic carbocycles. The normalized spacial score (nSPS) is 10.5. The number of aromatic nitrogens is 1. The predicted octanol–water partition coefficient (Wildman–Crippen LogP) is 3.23. The first-order chi connectivity index (χ1) is 9.08. The fraction of sp³-hybridized carbons (Fsp3) is 0.200. The van der Waals surface area contributed by atoms with Gasteiger partial charge in [0.1, 0.15) is 5.75 Å². The highest BCUT2D eigenvalue weighted by Crippen LogP contribution is 2.24. The van der Waals surface area contributed by atoms with E-state index in [1.807, 2.05) is 38.1 Å². The second-order valence-electron chi connectivity index (χ2n) is 4.40. The molecule has 98 valence electrons. The number of ether oxygens (including phenoxy) is 1. The minimum atomic E-state index is -0.981. The van der Waals surface area contributed by atoms with E-state index < -0.39 is 5.97 Å².